The first-order valence-electron chi connectivity index (χ1n) is 5.19. The predicted octanol–water partition coefficient (Wildman–Crippen LogP) is 1.50. The van der Waals surface area contributed by atoms with Crippen LogP contribution in [-0.2, 0) is 14.6 Å². The normalized spacial score (nSPS) is 13.1. The van der Waals surface area contributed by atoms with Crippen LogP contribution >= 0.6 is 0 Å². The van der Waals surface area contributed by atoms with Gasteiger partial charge in [-0.15, -0.1) is 6.58 Å². The lowest BCUT2D eigenvalue weighted by Crippen LogP contribution is -2.22. The summed E-state index contributed by atoms with van der Waals surface area (Å²) >= 11 is 0. The van der Waals surface area contributed by atoms with E-state index in [1.807, 2.05) is 12.1 Å². The fourth-order valence-corrected chi connectivity index (χ4v) is 1.48. The first-order valence-corrected chi connectivity index (χ1v) is 6.56. The van der Waals surface area contributed by atoms with Crippen molar-refractivity contribution >= 4 is 21.8 Å². The lowest BCUT2D eigenvalue weighted by Gasteiger charge is -2.14. The van der Waals surface area contributed by atoms with Gasteiger partial charge in [0.1, 0.15) is 0 Å². The Morgan fingerprint density at radius 1 is 1.56 bits per heavy atom. The van der Waals surface area contributed by atoms with E-state index in [-0.39, 0.29) is 0 Å². The van der Waals surface area contributed by atoms with E-state index in [1.54, 1.807) is 0 Å². The summed E-state index contributed by atoms with van der Waals surface area (Å²) in [5.74, 6) is 0. The molecule has 1 heterocycles. The summed E-state index contributed by atoms with van der Waals surface area (Å²) in [4.78, 5) is 2.25. The van der Waals surface area contributed by atoms with E-state index in [9.17, 15) is 8.42 Å². The van der Waals surface area contributed by atoms with Crippen LogP contribution in [0, 0.1) is 0 Å². The van der Waals surface area contributed by atoms with E-state index < -0.39 is 10.4 Å². The molecule has 7 heteroatoms. The average molecular weight is 272 g/mol. The fraction of sp³-hybridized carbons (Fsp3) is 0.273. The fourth-order valence-electron chi connectivity index (χ4n) is 1.48. The van der Waals surface area contributed by atoms with E-state index in [0.29, 0.717) is 0 Å². The Balaban J connectivity index is 0.000000232. The number of fused-ring (bicyclic) bond motifs is 1. The third-order valence-corrected chi connectivity index (χ3v) is 2.69. The van der Waals surface area contributed by atoms with Crippen LogP contribution in [0.2, 0.25) is 0 Å². The number of anilines is 2. The molecule has 1 aromatic carbocycles. The van der Waals surface area contributed by atoms with Crippen molar-refractivity contribution in [2.24, 2.45) is 0 Å². The summed E-state index contributed by atoms with van der Waals surface area (Å²) in [5.41, 5.74) is 2.50. The molecule has 0 unspecified atom stereocenters. The number of para-hydroxylation sites is 2. The third-order valence-electron chi connectivity index (χ3n) is 2.27. The number of nitrogens with zero attached hydrogens (tertiary/aromatic N) is 1. The van der Waals surface area contributed by atoms with Gasteiger partial charge in [0.05, 0.1) is 25.2 Å². The van der Waals surface area contributed by atoms with E-state index >= 15 is 0 Å². The highest BCUT2D eigenvalue weighted by molar-refractivity contribution is 7.80. The molecule has 0 aliphatic carbocycles. The van der Waals surface area contributed by atoms with Crippen molar-refractivity contribution in [3.63, 3.8) is 0 Å². The summed E-state index contributed by atoms with van der Waals surface area (Å²) in [7, 11) is -3.29. The smallest absolute Gasteiger partial charge is 0.366 e. The Labute approximate surface area is 107 Å². The monoisotopic (exact) mass is 272 g/mol. The maximum Gasteiger partial charge on any atom is 0.397 e. The molecule has 0 fully saturated rings. The Morgan fingerprint density at radius 3 is 2.72 bits per heavy atom. The molecule has 0 saturated heterocycles. The van der Waals surface area contributed by atoms with Gasteiger partial charge in [-0.2, -0.15) is 8.42 Å². The molecule has 100 valence electrons. The highest BCUT2D eigenvalue weighted by Crippen LogP contribution is 2.29. The minimum absolute atomic E-state index is 0.870. The maximum atomic E-state index is 9.33. The van der Waals surface area contributed by atoms with Crippen molar-refractivity contribution in [2.75, 3.05) is 30.5 Å². The minimum Gasteiger partial charge on any atom is -0.366 e. The van der Waals surface area contributed by atoms with Crippen molar-refractivity contribution < 1.29 is 17.2 Å². The zero-order chi connectivity index (χ0) is 13.6. The van der Waals surface area contributed by atoms with Crippen LogP contribution in [0.15, 0.2) is 36.9 Å². The van der Waals surface area contributed by atoms with Crippen molar-refractivity contribution in [2.45, 2.75) is 0 Å². The largest absolute Gasteiger partial charge is 0.397 e. The Morgan fingerprint density at radius 2 is 2.17 bits per heavy atom. The second-order valence-electron chi connectivity index (χ2n) is 3.46. The Kier molecular flexibility index (Phi) is 5.14. The quantitative estimate of drug-likeness (QED) is 0.641. The molecule has 0 radical (unpaired) electrons. The lowest BCUT2D eigenvalue weighted by atomic mass is 10.2. The van der Waals surface area contributed by atoms with Gasteiger partial charge in [-0.3, -0.25) is 8.74 Å². The molecule has 0 atom stereocenters. The second-order valence-corrected chi connectivity index (χ2v) is 4.65. The SMILES string of the molecule is C=CCN1CNc2ccccc21.COS(=O)(=O)O. The minimum atomic E-state index is -4.16. The molecule has 1 aromatic rings. The lowest BCUT2D eigenvalue weighted by molar-refractivity contribution is 0.324. The summed E-state index contributed by atoms with van der Waals surface area (Å²) in [5, 5.41) is 3.31. The van der Waals surface area contributed by atoms with Crippen LogP contribution in [0.1, 0.15) is 0 Å². The molecule has 0 saturated carbocycles. The zero-order valence-corrected chi connectivity index (χ0v) is 10.9. The van der Waals surface area contributed by atoms with Crippen LogP contribution in [0.4, 0.5) is 11.4 Å². The first kappa shape index (κ1) is 14.5. The van der Waals surface area contributed by atoms with E-state index in [2.05, 4.69) is 39.2 Å². The average Bonchev–Trinajstić information content (AvgIpc) is 2.74. The number of benzene rings is 1. The van der Waals surface area contributed by atoms with Gasteiger partial charge < -0.3 is 10.2 Å². The zero-order valence-electron chi connectivity index (χ0n) is 10.0. The van der Waals surface area contributed by atoms with Gasteiger partial charge in [-0.25, -0.2) is 0 Å². The van der Waals surface area contributed by atoms with Gasteiger partial charge >= 0.3 is 10.4 Å². The molecule has 2 rings (SSSR count). The van der Waals surface area contributed by atoms with E-state index in [4.69, 9.17) is 4.55 Å². The molecule has 1 aliphatic rings. The molecule has 0 bridgehead atoms. The number of hydrogen-bond acceptors (Lipinski definition) is 5. The van der Waals surface area contributed by atoms with E-state index in [0.717, 1.165) is 20.3 Å². The van der Waals surface area contributed by atoms with Crippen molar-refractivity contribution in [3.8, 4) is 0 Å². The predicted molar refractivity (Wildman–Crippen MR) is 71.0 cm³/mol. The summed E-state index contributed by atoms with van der Waals surface area (Å²) in [6.45, 7) is 5.53. The molecular formula is C11H16N2O4S. The number of nitrogens with one attached hydrogen (secondary N) is 1. The topological polar surface area (TPSA) is 78.9 Å². The molecule has 6 nitrogen and oxygen atoms in total. The Hall–Kier alpha value is -1.57. The van der Waals surface area contributed by atoms with Gasteiger partial charge in [0.2, 0.25) is 0 Å². The van der Waals surface area contributed by atoms with Crippen LogP contribution in [0.25, 0.3) is 0 Å². The van der Waals surface area contributed by atoms with Gasteiger partial charge in [-0.05, 0) is 12.1 Å². The summed E-state index contributed by atoms with van der Waals surface area (Å²) in [6, 6.07) is 8.32. The molecular weight excluding hydrogens is 256 g/mol. The third kappa shape index (κ3) is 4.36. The van der Waals surface area contributed by atoms with Crippen LogP contribution in [0.5, 0.6) is 0 Å². The van der Waals surface area contributed by atoms with Crippen molar-refractivity contribution in [1.29, 1.82) is 0 Å². The highest BCUT2D eigenvalue weighted by atomic mass is 32.3. The number of rotatable bonds is 3. The van der Waals surface area contributed by atoms with Crippen LogP contribution in [0.3, 0.4) is 0 Å². The van der Waals surface area contributed by atoms with Gasteiger partial charge in [0.25, 0.3) is 0 Å². The number of hydrogen-bond donors (Lipinski definition) is 2. The van der Waals surface area contributed by atoms with E-state index in [1.165, 1.54) is 11.4 Å². The molecule has 2 N–H and O–H groups in total. The molecule has 0 amide bonds. The summed E-state index contributed by atoms with van der Waals surface area (Å²) < 4.78 is 29.7. The molecule has 0 spiro atoms. The second kappa shape index (κ2) is 6.39. The molecule has 0 aromatic heterocycles. The molecule has 18 heavy (non-hydrogen) atoms. The van der Waals surface area contributed by atoms with Gasteiger partial charge in [0.15, 0.2) is 0 Å². The molecule has 1 aliphatic heterocycles. The highest BCUT2D eigenvalue weighted by Gasteiger charge is 2.15. The maximum absolute atomic E-state index is 9.33. The van der Waals surface area contributed by atoms with Crippen LogP contribution in [-0.4, -0.2) is 33.3 Å². The van der Waals surface area contributed by atoms with Crippen molar-refractivity contribution in [1.82, 2.24) is 0 Å². The standard InChI is InChI=1S/C10H12N2.CH4O4S/c1-2-7-12-8-11-9-5-3-4-6-10(9)12;1-5-6(2,3)4/h2-6,11H,1,7-8H2;1H3,(H,2,3,4). The Bertz CT molecular complexity index is 502. The summed E-state index contributed by atoms with van der Waals surface area (Å²) in [6.07, 6.45) is 1.92. The van der Waals surface area contributed by atoms with Crippen LogP contribution < -0.4 is 10.2 Å². The van der Waals surface area contributed by atoms with Gasteiger partial charge in [0, 0.05) is 6.54 Å². The van der Waals surface area contributed by atoms with Gasteiger partial charge in [-0.1, -0.05) is 18.2 Å². The first-order chi connectivity index (χ1) is 8.48. The van der Waals surface area contributed by atoms with Crippen molar-refractivity contribution in [3.05, 3.63) is 36.9 Å².